The monoisotopic (exact) mass is 390 g/mol. The molecular formula is C10H8F6N6S2. The minimum absolute atomic E-state index is 0.0524. The Hall–Kier alpha value is -1.70. The van der Waals surface area contributed by atoms with Crippen LogP contribution in [0.3, 0.4) is 0 Å². The molecule has 0 unspecified atom stereocenters. The van der Waals surface area contributed by atoms with E-state index >= 15 is 0 Å². The number of nitrogens with one attached hydrogen (secondary N) is 2. The van der Waals surface area contributed by atoms with Gasteiger partial charge in [0.15, 0.2) is 0 Å². The second-order valence-corrected chi connectivity index (χ2v) is 6.00. The summed E-state index contributed by atoms with van der Waals surface area (Å²) in [5.41, 5.74) is 0. The molecule has 0 fully saturated rings. The molecule has 2 aromatic rings. The van der Waals surface area contributed by atoms with Crippen LogP contribution < -0.4 is 0 Å². The average molecular weight is 390 g/mol. The number of hydrogen-bond donors (Lipinski definition) is 2. The van der Waals surface area contributed by atoms with Crippen LogP contribution >= 0.6 is 23.5 Å². The summed E-state index contributed by atoms with van der Waals surface area (Å²) in [6.45, 7) is 0. The predicted molar refractivity (Wildman–Crippen MR) is 73.4 cm³/mol. The Kier molecular flexibility index (Phi) is 5.79. The van der Waals surface area contributed by atoms with Crippen molar-refractivity contribution in [1.29, 1.82) is 0 Å². The van der Waals surface area contributed by atoms with Crippen LogP contribution in [-0.4, -0.2) is 41.9 Å². The smallest absolute Gasteiger partial charge is 0.254 e. The van der Waals surface area contributed by atoms with Crippen molar-refractivity contribution < 1.29 is 26.3 Å². The summed E-state index contributed by atoms with van der Waals surface area (Å²) in [7, 11) is 0. The summed E-state index contributed by atoms with van der Waals surface area (Å²) in [4.78, 5) is 6.55. The van der Waals surface area contributed by atoms with E-state index in [1.165, 1.54) is 0 Å². The molecule has 24 heavy (non-hydrogen) atoms. The van der Waals surface area contributed by atoms with E-state index in [9.17, 15) is 26.3 Å². The normalized spacial score (nSPS) is 13.1. The number of aromatic amines is 2. The fraction of sp³-hybridized carbons (Fsp3) is 0.400. The van der Waals surface area contributed by atoms with E-state index in [0.717, 1.165) is 23.5 Å². The van der Waals surface area contributed by atoms with E-state index < -0.39 is 24.0 Å². The third-order valence-electron chi connectivity index (χ3n) is 2.25. The minimum atomic E-state index is -4.58. The lowest BCUT2D eigenvalue weighted by molar-refractivity contribution is -0.145. The van der Waals surface area contributed by atoms with E-state index in [1.807, 2.05) is 0 Å². The number of aromatic nitrogens is 6. The number of alkyl halides is 6. The molecule has 0 spiro atoms. The maximum atomic E-state index is 12.3. The van der Waals surface area contributed by atoms with Gasteiger partial charge in [0.25, 0.3) is 0 Å². The van der Waals surface area contributed by atoms with Gasteiger partial charge in [-0.2, -0.15) is 36.3 Å². The minimum Gasteiger partial charge on any atom is -0.254 e. The van der Waals surface area contributed by atoms with Gasteiger partial charge < -0.3 is 0 Å². The molecule has 2 aromatic heterocycles. The van der Waals surface area contributed by atoms with Crippen LogP contribution in [0.25, 0.3) is 0 Å². The third-order valence-corrected chi connectivity index (χ3v) is 3.85. The summed E-state index contributed by atoms with van der Waals surface area (Å²) in [5.74, 6) is -1.74. The molecule has 0 aliphatic heterocycles. The standard InChI is InChI=1S/C10H8F6N6S2/c11-9(12,13)5-17-7(21-19-5)23-3-1-2-4-24-8-18-6(20-22-8)10(14,15)16/h1-2H,3-4H2,(H,17,19,21)(H,18,20,22)/b2-1-. The van der Waals surface area contributed by atoms with Crippen LogP contribution in [0.15, 0.2) is 22.5 Å². The van der Waals surface area contributed by atoms with E-state index in [0.29, 0.717) is 11.5 Å². The summed E-state index contributed by atoms with van der Waals surface area (Å²) in [6, 6.07) is 0. The molecular weight excluding hydrogens is 382 g/mol. The van der Waals surface area contributed by atoms with Gasteiger partial charge in [0, 0.05) is 11.5 Å². The molecule has 0 saturated carbocycles. The van der Waals surface area contributed by atoms with Gasteiger partial charge in [-0.15, -0.1) is 10.2 Å². The molecule has 0 saturated heterocycles. The first-order valence-corrected chi connectivity index (χ1v) is 8.03. The van der Waals surface area contributed by atoms with Crippen LogP contribution in [0, 0.1) is 0 Å². The summed E-state index contributed by atoms with van der Waals surface area (Å²) >= 11 is 1.95. The van der Waals surface area contributed by atoms with Gasteiger partial charge in [-0.1, -0.05) is 35.7 Å². The van der Waals surface area contributed by atoms with Gasteiger partial charge in [-0.25, -0.2) is 0 Å². The van der Waals surface area contributed by atoms with E-state index in [4.69, 9.17) is 0 Å². The van der Waals surface area contributed by atoms with Gasteiger partial charge in [-0.3, -0.25) is 10.2 Å². The lowest BCUT2D eigenvalue weighted by Gasteiger charge is -1.98. The molecule has 132 valence electrons. The molecule has 2 rings (SSSR count). The molecule has 2 N–H and O–H groups in total. The Morgan fingerprint density at radius 3 is 1.42 bits per heavy atom. The third kappa shape index (κ3) is 5.43. The molecule has 0 atom stereocenters. The maximum absolute atomic E-state index is 12.3. The summed E-state index contributed by atoms with van der Waals surface area (Å²) in [6.07, 6.45) is -5.91. The zero-order valence-corrected chi connectivity index (χ0v) is 13.1. The van der Waals surface area contributed by atoms with Gasteiger partial charge in [-0.05, 0) is 0 Å². The molecule has 0 amide bonds. The fourth-order valence-corrected chi connectivity index (χ4v) is 2.55. The summed E-state index contributed by atoms with van der Waals surface area (Å²) < 4.78 is 73.7. The predicted octanol–water partition coefficient (Wildman–Crippen LogP) is 3.40. The second-order valence-electron chi connectivity index (χ2n) is 4.02. The highest BCUT2D eigenvalue weighted by atomic mass is 32.2. The van der Waals surface area contributed by atoms with Gasteiger partial charge in [0.05, 0.1) is 0 Å². The van der Waals surface area contributed by atoms with E-state index in [2.05, 4.69) is 20.2 Å². The number of nitrogens with zero attached hydrogens (tertiary/aromatic N) is 4. The number of thioether (sulfide) groups is 2. The first-order chi connectivity index (χ1) is 11.2. The molecule has 14 heteroatoms. The highest BCUT2D eigenvalue weighted by molar-refractivity contribution is 7.99. The Labute approximate surface area is 138 Å². The van der Waals surface area contributed by atoms with Crippen molar-refractivity contribution in [3.05, 3.63) is 23.8 Å². The molecule has 0 aliphatic rings. The van der Waals surface area contributed by atoms with Crippen LogP contribution in [0.5, 0.6) is 0 Å². The van der Waals surface area contributed by atoms with Crippen LogP contribution in [0.1, 0.15) is 11.6 Å². The first-order valence-electron chi connectivity index (χ1n) is 6.06. The van der Waals surface area contributed by atoms with Crippen molar-refractivity contribution in [1.82, 2.24) is 30.4 Å². The van der Waals surface area contributed by atoms with Gasteiger partial charge in [0.2, 0.25) is 22.0 Å². The van der Waals surface area contributed by atoms with Crippen molar-refractivity contribution >= 4 is 23.5 Å². The molecule has 0 bridgehead atoms. The van der Waals surface area contributed by atoms with E-state index in [-0.39, 0.29) is 10.3 Å². The topological polar surface area (TPSA) is 83.1 Å². The molecule has 6 nitrogen and oxygen atoms in total. The lowest BCUT2D eigenvalue weighted by Crippen LogP contribution is -2.07. The van der Waals surface area contributed by atoms with E-state index in [1.54, 1.807) is 22.3 Å². The quantitative estimate of drug-likeness (QED) is 0.447. The van der Waals surface area contributed by atoms with Crippen LogP contribution in [0.2, 0.25) is 0 Å². The number of rotatable bonds is 6. The number of halogens is 6. The SMILES string of the molecule is FC(F)(F)c1nc(SC/C=C\CSc2n[nH]c(C(F)(F)F)n2)n[nH]1. The Bertz CT molecular complexity index is 632. The zero-order chi connectivity index (χ0) is 17.8. The number of H-pyrrole nitrogens is 2. The highest BCUT2D eigenvalue weighted by Gasteiger charge is 2.35. The maximum Gasteiger partial charge on any atom is 0.451 e. The van der Waals surface area contributed by atoms with Crippen molar-refractivity contribution in [2.45, 2.75) is 22.7 Å². The molecule has 2 heterocycles. The van der Waals surface area contributed by atoms with Crippen molar-refractivity contribution in [3.63, 3.8) is 0 Å². The Morgan fingerprint density at radius 2 is 1.12 bits per heavy atom. The lowest BCUT2D eigenvalue weighted by atomic mass is 10.6. The molecule has 0 radical (unpaired) electrons. The number of hydrogen-bond acceptors (Lipinski definition) is 6. The first kappa shape index (κ1) is 18.6. The van der Waals surface area contributed by atoms with Crippen LogP contribution in [-0.2, 0) is 12.4 Å². The largest absolute Gasteiger partial charge is 0.451 e. The summed E-state index contributed by atoms with van der Waals surface area (Å²) in [5, 5.41) is 10.3. The van der Waals surface area contributed by atoms with Crippen molar-refractivity contribution in [2.24, 2.45) is 0 Å². The molecule has 0 aromatic carbocycles. The van der Waals surface area contributed by atoms with Crippen molar-refractivity contribution in [3.8, 4) is 0 Å². The second kappa shape index (κ2) is 7.46. The Balaban J connectivity index is 1.72. The van der Waals surface area contributed by atoms with Crippen LogP contribution in [0.4, 0.5) is 26.3 Å². The zero-order valence-electron chi connectivity index (χ0n) is 11.4. The highest BCUT2D eigenvalue weighted by Crippen LogP contribution is 2.28. The Morgan fingerprint density at radius 1 is 0.750 bits per heavy atom. The van der Waals surface area contributed by atoms with Crippen molar-refractivity contribution in [2.75, 3.05) is 11.5 Å². The van der Waals surface area contributed by atoms with Gasteiger partial charge >= 0.3 is 12.4 Å². The molecule has 0 aliphatic carbocycles. The fourth-order valence-electron chi connectivity index (χ4n) is 1.26. The van der Waals surface area contributed by atoms with Gasteiger partial charge in [0.1, 0.15) is 0 Å². The average Bonchev–Trinajstić information content (AvgIpc) is 3.10.